The van der Waals surface area contributed by atoms with E-state index in [2.05, 4.69) is 25.3 Å². The Morgan fingerprint density at radius 1 is 1.13 bits per heavy atom. The first-order chi connectivity index (χ1) is 14.3. The van der Waals surface area contributed by atoms with Crippen molar-refractivity contribution < 1.29 is 22.4 Å². The Morgan fingerprint density at radius 2 is 1.83 bits per heavy atom. The molecule has 0 aliphatic heterocycles. The van der Waals surface area contributed by atoms with Gasteiger partial charge in [0, 0.05) is 22.4 Å². The first-order valence-electron chi connectivity index (χ1n) is 9.10. The highest BCUT2D eigenvalue weighted by atomic mass is 32.2. The highest BCUT2D eigenvalue weighted by molar-refractivity contribution is 7.89. The van der Waals surface area contributed by atoms with Crippen molar-refractivity contribution in [3.8, 4) is 11.4 Å². The third-order valence-electron chi connectivity index (χ3n) is 4.78. The number of furan rings is 1. The van der Waals surface area contributed by atoms with Crippen LogP contribution in [0.25, 0.3) is 33.3 Å². The topological polar surface area (TPSA) is 140 Å². The van der Waals surface area contributed by atoms with Crippen LogP contribution in [0.15, 0.2) is 45.7 Å². The van der Waals surface area contributed by atoms with E-state index in [-0.39, 0.29) is 10.8 Å². The summed E-state index contributed by atoms with van der Waals surface area (Å²) < 4.78 is 38.7. The standard InChI is InChI=1S/C19H19N5O5S/c1-10(2)17(19(25)28-3)22-30(26,27)12-5-7-14-13-6-4-11(18-20-23-24-21-18)8-15(13)29-16(14)9-12/h4-10,17,22H,1-3H3,(H,20,21,23,24)/t17-/m0/s1. The maximum absolute atomic E-state index is 12.8. The zero-order chi connectivity index (χ0) is 21.5. The van der Waals surface area contributed by atoms with E-state index in [1.807, 2.05) is 12.1 Å². The average molecular weight is 429 g/mol. The minimum Gasteiger partial charge on any atom is -0.468 e. The molecule has 30 heavy (non-hydrogen) atoms. The number of methoxy groups -OCH3 is 1. The number of nitrogens with one attached hydrogen (secondary N) is 2. The van der Waals surface area contributed by atoms with Crippen molar-refractivity contribution in [2.24, 2.45) is 5.92 Å². The lowest BCUT2D eigenvalue weighted by molar-refractivity contribution is -0.143. The van der Waals surface area contributed by atoms with Gasteiger partial charge in [0.2, 0.25) is 10.0 Å². The zero-order valence-corrected chi connectivity index (χ0v) is 17.2. The Bertz CT molecular complexity index is 1330. The first kappa shape index (κ1) is 20.0. The Morgan fingerprint density at radius 3 is 2.47 bits per heavy atom. The van der Waals surface area contributed by atoms with Crippen LogP contribution in [0.3, 0.4) is 0 Å². The largest absolute Gasteiger partial charge is 0.468 e. The third kappa shape index (κ3) is 3.53. The van der Waals surface area contributed by atoms with E-state index in [1.165, 1.54) is 19.2 Å². The van der Waals surface area contributed by atoms with E-state index in [0.29, 0.717) is 17.0 Å². The fourth-order valence-electron chi connectivity index (χ4n) is 3.17. The van der Waals surface area contributed by atoms with Crippen molar-refractivity contribution in [3.05, 3.63) is 36.4 Å². The summed E-state index contributed by atoms with van der Waals surface area (Å²) in [5, 5.41) is 15.3. The van der Waals surface area contributed by atoms with E-state index in [0.717, 1.165) is 16.3 Å². The molecule has 0 fully saturated rings. The molecule has 0 amide bonds. The molecule has 2 heterocycles. The van der Waals surface area contributed by atoms with E-state index >= 15 is 0 Å². The molecule has 2 N–H and O–H groups in total. The quantitative estimate of drug-likeness (QED) is 0.445. The van der Waals surface area contributed by atoms with Gasteiger partial charge in [0.05, 0.1) is 12.0 Å². The van der Waals surface area contributed by atoms with E-state index in [1.54, 1.807) is 26.0 Å². The summed E-state index contributed by atoms with van der Waals surface area (Å²) in [7, 11) is -2.76. The van der Waals surface area contributed by atoms with Gasteiger partial charge < -0.3 is 9.15 Å². The Kier molecular flexibility index (Phi) is 5.00. The number of aromatic amines is 1. The fourth-order valence-corrected chi connectivity index (χ4v) is 4.52. The molecular weight excluding hydrogens is 410 g/mol. The van der Waals surface area contributed by atoms with Gasteiger partial charge in [0.1, 0.15) is 17.2 Å². The summed E-state index contributed by atoms with van der Waals surface area (Å²) in [5.74, 6) is -0.439. The van der Waals surface area contributed by atoms with Crippen LogP contribution in [0.1, 0.15) is 13.8 Å². The number of aromatic nitrogens is 4. The SMILES string of the molecule is COC(=O)[C@@H](NS(=O)(=O)c1ccc2c(c1)oc1cc(-c3nnn[nH]3)ccc12)C(C)C. The van der Waals surface area contributed by atoms with Crippen LogP contribution in [-0.2, 0) is 19.6 Å². The second-order valence-corrected chi connectivity index (χ2v) is 8.80. The summed E-state index contributed by atoms with van der Waals surface area (Å²) >= 11 is 0. The number of fused-ring (bicyclic) bond motifs is 3. The van der Waals surface area contributed by atoms with Gasteiger partial charge in [0.25, 0.3) is 0 Å². The van der Waals surface area contributed by atoms with Crippen molar-refractivity contribution in [2.75, 3.05) is 7.11 Å². The number of nitrogens with zero attached hydrogens (tertiary/aromatic N) is 3. The Labute approximate surface area is 171 Å². The van der Waals surface area contributed by atoms with Crippen molar-refractivity contribution in [1.82, 2.24) is 25.3 Å². The van der Waals surface area contributed by atoms with Crippen LogP contribution in [-0.4, -0.2) is 48.2 Å². The lowest BCUT2D eigenvalue weighted by Gasteiger charge is -2.19. The number of ether oxygens (including phenoxy) is 1. The van der Waals surface area contributed by atoms with Gasteiger partial charge in [-0.05, 0) is 40.6 Å². The van der Waals surface area contributed by atoms with Crippen molar-refractivity contribution in [1.29, 1.82) is 0 Å². The minimum atomic E-state index is -3.97. The predicted octanol–water partition coefficient (Wildman–Crippen LogP) is 2.24. The molecule has 0 radical (unpaired) electrons. The first-order valence-corrected chi connectivity index (χ1v) is 10.6. The normalized spacial score (nSPS) is 13.2. The number of carbonyl (C=O) groups excluding carboxylic acids is 1. The molecule has 4 aromatic rings. The van der Waals surface area contributed by atoms with Gasteiger partial charge in [-0.2, -0.15) is 4.72 Å². The van der Waals surface area contributed by atoms with Crippen molar-refractivity contribution in [3.63, 3.8) is 0 Å². The van der Waals surface area contributed by atoms with Crippen LogP contribution in [0.2, 0.25) is 0 Å². The molecular formula is C19H19N5O5S. The third-order valence-corrected chi connectivity index (χ3v) is 6.22. The summed E-state index contributed by atoms with van der Waals surface area (Å²) in [5.41, 5.74) is 1.70. The van der Waals surface area contributed by atoms with Gasteiger partial charge in [-0.25, -0.2) is 13.5 Å². The Balaban J connectivity index is 1.73. The number of esters is 1. The number of hydrogen-bond acceptors (Lipinski definition) is 8. The maximum atomic E-state index is 12.8. The van der Waals surface area contributed by atoms with Gasteiger partial charge in [-0.3, -0.25) is 4.79 Å². The molecule has 11 heteroatoms. The molecule has 0 aliphatic carbocycles. The predicted molar refractivity (Wildman–Crippen MR) is 108 cm³/mol. The van der Waals surface area contributed by atoms with Gasteiger partial charge in [-0.1, -0.05) is 19.9 Å². The number of rotatable bonds is 6. The number of carbonyl (C=O) groups is 1. The number of H-pyrrole nitrogens is 1. The molecule has 10 nitrogen and oxygen atoms in total. The molecule has 0 saturated heterocycles. The second kappa shape index (κ2) is 7.50. The molecule has 2 aromatic heterocycles. The second-order valence-electron chi connectivity index (χ2n) is 7.09. The van der Waals surface area contributed by atoms with Crippen LogP contribution in [0.5, 0.6) is 0 Å². The van der Waals surface area contributed by atoms with Crippen LogP contribution in [0.4, 0.5) is 0 Å². The van der Waals surface area contributed by atoms with Crippen LogP contribution < -0.4 is 4.72 Å². The molecule has 1 atom stereocenters. The van der Waals surface area contributed by atoms with Crippen molar-refractivity contribution in [2.45, 2.75) is 24.8 Å². The molecule has 4 rings (SSSR count). The monoisotopic (exact) mass is 429 g/mol. The number of benzene rings is 2. The van der Waals surface area contributed by atoms with Crippen LogP contribution >= 0.6 is 0 Å². The smallest absolute Gasteiger partial charge is 0.324 e. The van der Waals surface area contributed by atoms with E-state index in [9.17, 15) is 13.2 Å². The lowest BCUT2D eigenvalue weighted by atomic mass is 10.1. The lowest BCUT2D eigenvalue weighted by Crippen LogP contribution is -2.44. The molecule has 0 saturated carbocycles. The van der Waals surface area contributed by atoms with E-state index in [4.69, 9.17) is 9.15 Å². The molecule has 0 unspecified atom stereocenters. The molecule has 2 aromatic carbocycles. The van der Waals surface area contributed by atoms with Crippen LogP contribution in [0, 0.1) is 5.92 Å². The Hall–Kier alpha value is -3.31. The molecule has 0 bridgehead atoms. The van der Waals surface area contributed by atoms with Gasteiger partial charge in [-0.15, -0.1) is 5.10 Å². The summed E-state index contributed by atoms with van der Waals surface area (Å²) in [6.45, 7) is 3.46. The molecule has 0 spiro atoms. The highest BCUT2D eigenvalue weighted by Crippen LogP contribution is 2.32. The van der Waals surface area contributed by atoms with Gasteiger partial charge >= 0.3 is 5.97 Å². The molecule has 0 aliphatic rings. The van der Waals surface area contributed by atoms with E-state index < -0.39 is 22.0 Å². The number of tetrazole rings is 1. The summed E-state index contributed by atoms with van der Waals surface area (Å²) in [4.78, 5) is 11.9. The average Bonchev–Trinajstić information content (AvgIpc) is 3.38. The highest BCUT2D eigenvalue weighted by Gasteiger charge is 2.29. The zero-order valence-electron chi connectivity index (χ0n) is 16.4. The number of hydrogen-bond donors (Lipinski definition) is 2. The summed E-state index contributed by atoms with van der Waals surface area (Å²) in [6, 6.07) is 9.06. The molecule has 156 valence electrons. The van der Waals surface area contributed by atoms with Gasteiger partial charge in [0.15, 0.2) is 5.82 Å². The number of sulfonamides is 1. The maximum Gasteiger partial charge on any atom is 0.324 e. The van der Waals surface area contributed by atoms with Crippen molar-refractivity contribution >= 4 is 37.9 Å². The minimum absolute atomic E-state index is 0.0109. The summed E-state index contributed by atoms with van der Waals surface area (Å²) in [6.07, 6.45) is 0. The fraction of sp³-hybridized carbons (Fsp3) is 0.263.